The number of anilines is 1. The Balaban J connectivity index is 1.66. The van der Waals surface area contributed by atoms with E-state index in [1.54, 1.807) is 31.3 Å². The molecule has 0 atom stereocenters. The number of fused-ring (bicyclic) bond motifs is 1. The second-order valence-electron chi connectivity index (χ2n) is 6.77. The summed E-state index contributed by atoms with van der Waals surface area (Å²) in [5.74, 6) is -0.849. The second kappa shape index (κ2) is 8.11. The summed E-state index contributed by atoms with van der Waals surface area (Å²) in [6.45, 7) is 1.58. The fraction of sp³-hybridized carbons (Fsp3) is 0.0952. The number of nitro groups is 1. The topological polar surface area (TPSA) is 103 Å². The van der Waals surface area contributed by atoms with Gasteiger partial charge in [0, 0.05) is 22.7 Å². The number of nitrogens with one attached hydrogen (secondary N) is 1. The smallest absolute Gasteiger partial charge is 0.294 e. The molecule has 0 aliphatic carbocycles. The van der Waals surface area contributed by atoms with Gasteiger partial charge in [-0.05, 0) is 48.4 Å². The standard InChI is InChI=1S/C21H15ClFN5O3/c1-12-20-16(13-2-5-15(23)6-3-13)8-9-24-21(20)27(26-12)11-19(29)25-17-7-4-14(22)10-18(17)28(30)31/h2-10H,11H2,1H3,(H,25,29). The number of aryl methyl sites for hydroxylation is 1. The largest absolute Gasteiger partial charge is 0.319 e. The summed E-state index contributed by atoms with van der Waals surface area (Å²) < 4.78 is 14.7. The molecular formula is C21H15ClFN5O3. The number of carbonyl (C=O) groups excluding carboxylic acids is 1. The molecule has 0 fully saturated rings. The second-order valence-corrected chi connectivity index (χ2v) is 7.21. The molecule has 4 aromatic rings. The molecule has 2 heterocycles. The molecule has 0 aliphatic heterocycles. The molecule has 4 rings (SSSR count). The Labute approximate surface area is 180 Å². The van der Waals surface area contributed by atoms with Gasteiger partial charge in [0.2, 0.25) is 5.91 Å². The average molecular weight is 440 g/mol. The van der Waals surface area contributed by atoms with Gasteiger partial charge in [0.15, 0.2) is 5.65 Å². The van der Waals surface area contributed by atoms with E-state index in [-0.39, 0.29) is 28.8 Å². The zero-order valence-corrected chi connectivity index (χ0v) is 16.9. The molecule has 156 valence electrons. The van der Waals surface area contributed by atoms with E-state index in [0.29, 0.717) is 11.3 Å². The molecule has 0 aliphatic rings. The van der Waals surface area contributed by atoms with E-state index in [1.807, 2.05) is 0 Å². The zero-order valence-electron chi connectivity index (χ0n) is 16.2. The zero-order chi connectivity index (χ0) is 22.1. The summed E-state index contributed by atoms with van der Waals surface area (Å²) in [4.78, 5) is 27.5. The fourth-order valence-electron chi connectivity index (χ4n) is 3.35. The summed E-state index contributed by atoms with van der Waals surface area (Å²) in [5.41, 5.74) is 2.44. The van der Waals surface area contributed by atoms with Crippen LogP contribution < -0.4 is 5.32 Å². The van der Waals surface area contributed by atoms with Gasteiger partial charge in [0.05, 0.1) is 10.6 Å². The van der Waals surface area contributed by atoms with Crippen molar-refractivity contribution in [3.63, 3.8) is 0 Å². The maximum absolute atomic E-state index is 13.3. The molecule has 2 aromatic carbocycles. The normalized spacial score (nSPS) is 10.9. The molecule has 0 saturated heterocycles. The Morgan fingerprint density at radius 2 is 1.97 bits per heavy atom. The highest BCUT2D eigenvalue weighted by Gasteiger charge is 2.19. The minimum Gasteiger partial charge on any atom is -0.319 e. The van der Waals surface area contributed by atoms with Gasteiger partial charge < -0.3 is 5.32 Å². The van der Waals surface area contributed by atoms with Crippen molar-refractivity contribution in [3.05, 3.63) is 81.4 Å². The molecule has 0 bridgehead atoms. The van der Waals surface area contributed by atoms with E-state index >= 15 is 0 Å². The molecule has 10 heteroatoms. The van der Waals surface area contributed by atoms with E-state index in [4.69, 9.17) is 11.6 Å². The third kappa shape index (κ3) is 4.08. The van der Waals surface area contributed by atoms with Gasteiger partial charge in [-0.2, -0.15) is 5.10 Å². The van der Waals surface area contributed by atoms with E-state index < -0.39 is 10.8 Å². The third-order valence-electron chi connectivity index (χ3n) is 4.69. The van der Waals surface area contributed by atoms with Crippen LogP contribution in [0.4, 0.5) is 15.8 Å². The summed E-state index contributed by atoms with van der Waals surface area (Å²) in [7, 11) is 0. The Morgan fingerprint density at radius 3 is 2.68 bits per heavy atom. The van der Waals surface area contributed by atoms with Crippen molar-refractivity contribution in [2.24, 2.45) is 0 Å². The first-order valence-electron chi connectivity index (χ1n) is 9.15. The number of halogens is 2. The van der Waals surface area contributed by atoms with Crippen molar-refractivity contribution < 1.29 is 14.1 Å². The Morgan fingerprint density at radius 1 is 1.23 bits per heavy atom. The van der Waals surface area contributed by atoms with Crippen LogP contribution in [0.5, 0.6) is 0 Å². The SMILES string of the molecule is Cc1nn(CC(=O)Nc2ccc(Cl)cc2[N+](=O)[O-])c2nccc(-c3ccc(F)cc3)c12. The van der Waals surface area contributed by atoms with Crippen LogP contribution in [0, 0.1) is 22.9 Å². The first kappa shape index (κ1) is 20.4. The summed E-state index contributed by atoms with van der Waals surface area (Å²) in [6.07, 6.45) is 1.58. The van der Waals surface area contributed by atoms with Gasteiger partial charge in [0.25, 0.3) is 5.69 Å². The quantitative estimate of drug-likeness (QED) is 0.357. The Bertz CT molecular complexity index is 1320. The van der Waals surface area contributed by atoms with Gasteiger partial charge in [-0.15, -0.1) is 0 Å². The number of pyridine rings is 1. The van der Waals surface area contributed by atoms with Crippen molar-refractivity contribution in [2.75, 3.05) is 5.32 Å². The van der Waals surface area contributed by atoms with Crippen LogP contribution in [0.3, 0.4) is 0 Å². The van der Waals surface area contributed by atoms with Gasteiger partial charge in [-0.1, -0.05) is 23.7 Å². The fourth-order valence-corrected chi connectivity index (χ4v) is 3.52. The maximum atomic E-state index is 13.3. The van der Waals surface area contributed by atoms with Crippen LogP contribution in [-0.2, 0) is 11.3 Å². The van der Waals surface area contributed by atoms with E-state index in [2.05, 4.69) is 15.4 Å². The van der Waals surface area contributed by atoms with Crippen molar-refractivity contribution in [1.29, 1.82) is 0 Å². The molecule has 1 N–H and O–H groups in total. The first-order chi connectivity index (χ1) is 14.8. The lowest BCUT2D eigenvalue weighted by Crippen LogP contribution is -2.20. The summed E-state index contributed by atoms with van der Waals surface area (Å²) >= 11 is 5.81. The highest BCUT2D eigenvalue weighted by molar-refractivity contribution is 6.31. The molecule has 8 nitrogen and oxygen atoms in total. The molecule has 0 saturated carbocycles. The van der Waals surface area contributed by atoms with Crippen molar-refractivity contribution >= 4 is 39.9 Å². The van der Waals surface area contributed by atoms with Crippen LogP contribution in [0.25, 0.3) is 22.2 Å². The summed E-state index contributed by atoms with van der Waals surface area (Å²) in [5, 5.41) is 19.1. The van der Waals surface area contributed by atoms with Crippen molar-refractivity contribution in [3.8, 4) is 11.1 Å². The van der Waals surface area contributed by atoms with Crippen molar-refractivity contribution in [2.45, 2.75) is 13.5 Å². The van der Waals surface area contributed by atoms with E-state index in [9.17, 15) is 19.3 Å². The van der Waals surface area contributed by atoms with E-state index in [1.165, 1.54) is 35.0 Å². The number of nitrogens with zero attached hydrogens (tertiary/aromatic N) is 4. The molecule has 0 radical (unpaired) electrons. The lowest BCUT2D eigenvalue weighted by molar-refractivity contribution is -0.383. The maximum Gasteiger partial charge on any atom is 0.294 e. The Kier molecular flexibility index (Phi) is 5.35. The number of rotatable bonds is 5. The van der Waals surface area contributed by atoms with Crippen LogP contribution in [-0.4, -0.2) is 25.6 Å². The van der Waals surface area contributed by atoms with Crippen LogP contribution in [0.1, 0.15) is 5.69 Å². The number of carbonyl (C=O) groups is 1. The van der Waals surface area contributed by atoms with Crippen LogP contribution in [0.15, 0.2) is 54.7 Å². The summed E-state index contributed by atoms with van der Waals surface area (Å²) in [6, 6.07) is 11.8. The molecule has 31 heavy (non-hydrogen) atoms. The Hall–Kier alpha value is -3.85. The van der Waals surface area contributed by atoms with Crippen LogP contribution >= 0.6 is 11.6 Å². The predicted molar refractivity (Wildman–Crippen MR) is 114 cm³/mol. The number of aromatic nitrogens is 3. The average Bonchev–Trinajstić information content (AvgIpc) is 3.05. The highest BCUT2D eigenvalue weighted by atomic mass is 35.5. The lowest BCUT2D eigenvalue weighted by atomic mass is 10.0. The van der Waals surface area contributed by atoms with Gasteiger partial charge >= 0.3 is 0 Å². The number of hydrogen-bond acceptors (Lipinski definition) is 5. The van der Waals surface area contributed by atoms with Gasteiger partial charge in [0.1, 0.15) is 18.0 Å². The molecular weight excluding hydrogens is 425 g/mol. The minimum absolute atomic E-state index is 0.0348. The van der Waals surface area contributed by atoms with Crippen molar-refractivity contribution in [1.82, 2.24) is 14.8 Å². The van der Waals surface area contributed by atoms with Gasteiger partial charge in [-0.3, -0.25) is 14.9 Å². The highest BCUT2D eigenvalue weighted by Crippen LogP contribution is 2.30. The molecule has 0 unspecified atom stereocenters. The molecule has 2 aromatic heterocycles. The van der Waals surface area contributed by atoms with Gasteiger partial charge in [-0.25, -0.2) is 14.1 Å². The third-order valence-corrected chi connectivity index (χ3v) is 4.92. The number of hydrogen-bond donors (Lipinski definition) is 1. The first-order valence-corrected chi connectivity index (χ1v) is 9.53. The minimum atomic E-state index is -0.620. The monoisotopic (exact) mass is 439 g/mol. The van der Waals surface area contributed by atoms with E-state index in [0.717, 1.165) is 16.5 Å². The predicted octanol–water partition coefficient (Wildman–Crippen LogP) is 4.75. The molecule has 0 spiro atoms. The number of amides is 1. The van der Waals surface area contributed by atoms with Crippen LogP contribution in [0.2, 0.25) is 5.02 Å². The molecule has 1 amide bonds. The number of nitro benzene ring substituents is 1. The lowest BCUT2D eigenvalue weighted by Gasteiger charge is -2.08. The number of benzene rings is 2.